The quantitative estimate of drug-likeness (QED) is 0.386. The lowest BCUT2D eigenvalue weighted by atomic mass is 10.1. The van der Waals surface area contributed by atoms with Crippen molar-refractivity contribution in [3.63, 3.8) is 0 Å². The minimum Gasteiger partial charge on any atom is -0.323 e. The van der Waals surface area contributed by atoms with Crippen molar-refractivity contribution < 1.29 is 14.0 Å². The van der Waals surface area contributed by atoms with E-state index in [9.17, 15) is 14.0 Å². The zero-order valence-corrected chi connectivity index (χ0v) is 16.2. The first kappa shape index (κ1) is 18.8. The Hall–Kier alpha value is -3.58. The number of ketones is 1. The summed E-state index contributed by atoms with van der Waals surface area (Å²) in [7, 11) is 0. The third-order valence-corrected chi connectivity index (χ3v) is 5.14. The molecule has 0 saturated heterocycles. The number of fused-ring (bicyclic) bond motifs is 1. The van der Waals surface area contributed by atoms with Crippen molar-refractivity contribution in [2.24, 2.45) is 0 Å². The Labute approximate surface area is 170 Å². The van der Waals surface area contributed by atoms with Gasteiger partial charge in [-0.3, -0.25) is 14.0 Å². The predicted molar refractivity (Wildman–Crippen MR) is 112 cm³/mol. The number of rotatable bonds is 5. The Bertz CT molecular complexity index is 1240. The van der Waals surface area contributed by atoms with Gasteiger partial charge in [-0.2, -0.15) is 0 Å². The van der Waals surface area contributed by atoms with Crippen LogP contribution in [0.15, 0.2) is 66.2 Å². The third kappa shape index (κ3) is 3.86. The number of nitrogens with zero attached hydrogens (tertiary/aromatic N) is 2. The molecule has 7 heteroatoms. The van der Waals surface area contributed by atoms with Gasteiger partial charge >= 0.3 is 0 Å². The van der Waals surface area contributed by atoms with Gasteiger partial charge in [-0.1, -0.05) is 18.2 Å². The molecule has 0 fully saturated rings. The molecular formula is C22H16FN3O2S. The average Bonchev–Trinajstić information content (AvgIpc) is 3.27. The largest absolute Gasteiger partial charge is 0.323 e. The first-order valence-corrected chi connectivity index (χ1v) is 9.71. The van der Waals surface area contributed by atoms with Crippen LogP contribution in [0.2, 0.25) is 0 Å². The van der Waals surface area contributed by atoms with Crippen LogP contribution >= 0.6 is 11.3 Å². The molecule has 1 amide bonds. The molecule has 0 saturated carbocycles. The second kappa shape index (κ2) is 7.81. The topological polar surface area (TPSA) is 63.5 Å². The van der Waals surface area contributed by atoms with E-state index < -0.39 is 5.82 Å². The third-order valence-electron chi connectivity index (χ3n) is 4.39. The van der Waals surface area contributed by atoms with Crippen molar-refractivity contribution in [1.82, 2.24) is 9.38 Å². The summed E-state index contributed by atoms with van der Waals surface area (Å²) in [6.07, 6.45) is 4.50. The van der Waals surface area contributed by atoms with Crippen molar-refractivity contribution in [1.29, 1.82) is 0 Å². The van der Waals surface area contributed by atoms with E-state index in [1.165, 1.54) is 29.6 Å². The molecule has 1 N–H and O–H groups in total. The molecule has 0 unspecified atom stereocenters. The van der Waals surface area contributed by atoms with E-state index in [-0.39, 0.29) is 11.7 Å². The molecular weight excluding hydrogens is 389 g/mol. The van der Waals surface area contributed by atoms with Crippen LogP contribution in [-0.2, 0) is 4.79 Å². The molecule has 0 radical (unpaired) electrons. The van der Waals surface area contributed by atoms with Gasteiger partial charge in [-0.05, 0) is 43.3 Å². The van der Waals surface area contributed by atoms with E-state index in [1.54, 1.807) is 46.9 Å². The first-order chi connectivity index (χ1) is 14.0. The number of aromatic nitrogens is 2. The summed E-state index contributed by atoms with van der Waals surface area (Å²) in [5, 5.41) is 4.58. The van der Waals surface area contributed by atoms with E-state index in [0.29, 0.717) is 28.2 Å². The van der Waals surface area contributed by atoms with E-state index in [2.05, 4.69) is 10.3 Å². The second-order valence-electron chi connectivity index (χ2n) is 6.35. The zero-order chi connectivity index (χ0) is 20.4. The molecule has 144 valence electrons. The molecule has 2 aromatic carbocycles. The lowest BCUT2D eigenvalue weighted by Crippen LogP contribution is -2.09. The highest BCUT2D eigenvalue weighted by Gasteiger charge is 2.18. The number of anilines is 1. The fraction of sp³-hybridized carbons (Fsp3) is 0.0455. The molecule has 0 aliphatic carbocycles. The number of aryl methyl sites for hydroxylation is 1. The molecule has 0 bridgehead atoms. The second-order valence-corrected chi connectivity index (χ2v) is 7.22. The molecule has 0 atom stereocenters. The monoisotopic (exact) mass is 405 g/mol. The normalized spacial score (nSPS) is 11.2. The molecule has 0 aliphatic heterocycles. The molecule has 4 rings (SSSR count). The highest BCUT2D eigenvalue weighted by Crippen LogP contribution is 2.21. The van der Waals surface area contributed by atoms with Crippen LogP contribution in [0.5, 0.6) is 0 Å². The van der Waals surface area contributed by atoms with Crippen LogP contribution in [0.4, 0.5) is 10.1 Å². The number of carbonyl (C=O) groups is 2. The average molecular weight is 405 g/mol. The molecule has 0 spiro atoms. The van der Waals surface area contributed by atoms with Crippen LogP contribution in [0.25, 0.3) is 11.0 Å². The van der Waals surface area contributed by atoms with Gasteiger partial charge in [0, 0.05) is 34.5 Å². The van der Waals surface area contributed by atoms with Gasteiger partial charge in [0.15, 0.2) is 4.96 Å². The maximum atomic E-state index is 13.6. The Morgan fingerprint density at radius 3 is 2.66 bits per heavy atom. The van der Waals surface area contributed by atoms with Crippen LogP contribution < -0.4 is 5.32 Å². The van der Waals surface area contributed by atoms with E-state index in [0.717, 1.165) is 4.96 Å². The number of halogens is 1. The SMILES string of the molecule is Cc1nc2sccn2c1C(=O)c1ccc(NC(=O)/C=C/c2ccccc2F)cc1. The Balaban J connectivity index is 1.47. The fourth-order valence-corrected chi connectivity index (χ4v) is 3.73. The smallest absolute Gasteiger partial charge is 0.248 e. The van der Waals surface area contributed by atoms with Crippen molar-refractivity contribution in [3.8, 4) is 0 Å². The lowest BCUT2D eigenvalue weighted by Gasteiger charge is -2.05. The van der Waals surface area contributed by atoms with E-state index >= 15 is 0 Å². The summed E-state index contributed by atoms with van der Waals surface area (Å²) in [6.45, 7) is 1.81. The van der Waals surface area contributed by atoms with E-state index in [4.69, 9.17) is 0 Å². The standard InChI is InChI=1S/C22H16FN3O2S/c1-14-20(26-12-13-29-22(26)24-14)21(28)16-6-9-17(10-7-16)25-19(27)11-8-15-4-2-3-5-18(15)23/h2-13H,1H3,(H,25,27)/b11-8+. The lowest BCUT2D eigenvalue weighted by molar-refractivity contribution is -0.111. The maximum absolute atomic E-state index is 13.6. The summed E-state index contributed by atoms with van der Waals surface area (Å²) >= 11 is 1.47. The van der Waals surface area contributed by atoms with Gasteiger partial charge in [0.1, 0.15) is 11.5 Å². The van der Waals surface area contributed by atoms with Crippen LogP contribution in [0, 0.1) is 12.7 Å². The summed E-state index contributed by atoms with van der Waals surface area (Å²) in [6, 6.07) is 12.8. The molecule has 2 heterocycles. The molecule has 2 aromatic heterocycles. The van der Waals surface area contributed by atoms with Crippen molar-refractivity contribution in [2.45, 2.75) is 6.92 Å². The van der Waals surface area contributed by atoms with Gasteiger partial charge in [0.05, 0.1) is 5.69 Å². The maximum Gasteiger partial charge on any atom is 0.248 e. The van der Waals surface area contributed by atoms with E-state index in [1.807, 2.05) is 18.5 Å². The number of amides is 1. The Kier molecular flexibility index (Phi) is 5.05. The molecule has 4 aromatic rings. The number of carbonyl (C=O) groups excluding carboxylic acids is 2. The number of benzene rings is 2. The van der Waals surface area contributed by atoms with Crippen LogP contribution in [-0.4, -0.2) is 21.1 Å². The summed E-state index contributed by atoms with van der Waals surface area (Å²) in [5.74, 6) is -0.918. The van der Waals surface area contributed by atoms with Gasteiger partial charge in [-0.25, -0.2) is 9.37 Å². The minimum absolute atomic E-state index is 0.134. The van der Waals surface area contributed by atoms with Gasteiger partial charge in [-0.15, -0.1) is 11.3 Å². The highest BCUT2D eigenvalue weighted by atomic mass is 32.1. The van der Waals surface area contributed by atoms with Crippen LogP contribution in [0.3, 0.4) is 0 Å². The van der Waals surface area contributed by atoms with Crippen molar-refractivity contribution in [3.05, 3.63) is 94.5 Å². The highest BCUT2D eigenvalue weighted by molar-refractivity contribution is 7.15. The van der Waals surface area contributed by atoms with Crippen LogP contribution in [0.1, 0.15) is 27.3 Å². The van der Waals surface area contributed by atoms with Crippen molar-refractivity contribution in [2.75, 3.05) is 5.32 Å². The van der Waals surface area contributed by atoms with Crippen molar-refractivity contribution >= 4 is 39.8 Å². The van der Waals surface area contributed by atoms with Gasteiger partial charge in [0.25, 0.3) is 0 Å². The number of thiazole rings is 1. The van der Waals surface area contributed by atoms with Gasteiger partial charge in [0.2, 0.25) is 11.7 Å². The minimum atomic E-state index is -0.394. The number of hydrogen-bond acceptors (Lipinski definition) is 4. The zero-order valence-electron chi connectivity index (χ0n) is 15.4. The number of imidazole rings is 1. The van der Waals surface area contributed by atoms with Gasteiger partial charge < -0.3 is 5.32 Å². The first-order valence-electron chi connectivity index (χ1n) is 8.83. The molecule has 0 aliphatic rings. The molecule has 29 heavy (non-hydrogen) atoms. The Morgan fingerprint density at radius 1 is 1.14 bits per heavy atom. The summed E-state index contributed by atoms with van der Waals surface area (Å²) < 4.78 is 15.4. The summed E-state index contributed by atoms with van der Waals surface area (Å²) in [4.78, 5) is 30.1. The number of nitrogens with one attached hydrogen (secondary N) is 1. The fourth-order valence-electron chi connectivity index (χ4n) is 2.97. The Morgan fingerprint density at radius 2 is 1.90 bits per heavy atom. The predicted octanol–water partition coefficient (Wildman–Crippen LogP) is 4.73. The summed E-state index contributed by atoms with van der Waals surface area (Å²) in [5.41, 5.74) is 2.58. The number of hydrogen-bond donors (Lipinski definition) is 1. The molecule has 5 nitrogen and oxygen atoms in total.